The third kappa shape index (κ3) is 4.24. The first kappa shape index (κ1) is 18.4. The van der Waals surface area contributed by atoms with Crippen molar-refractivity contribution in [3.05, 3.63) is 42.1 Å². The Kier molecular flexibility index (Phi) is 5.30. The zero-order valence-corrected chi connectivity index (χ0v) is 14.2. The molecule has 0 unspecified atom stereocenters. The Morgan fingerprint density at radius 1 is 1.19 bits per heavy atom. The number of thioether (sulfide) groups is 1. The minimum atomic E-state index is -4.78. The summed E-state index contributed by atoms with van der Waals surface area (Å²) < 4.78 is 53.5. The Hall–Kier alpha value is -2.36. The summed E-state index contributed by atoms with van der Waals surface area (Å²) in [4.78, 5) is 20.9. The fraction of sp³-hybridized carbons (Fsp3) is 0.312. The van der Waals surface area contributed by atoms with Crippen molar-refractivity contribution >= 4 is 23.5 Å². The molecule has 1 saturated heterocycles. The van der Waals surface area contributed by atoms with E-state index in [0.29, 0.717) is 13.1 Å². The number of aromatic nitrogens is 2. The first-order chi connectivity index (χ1) is 12.3. The van der Waals surface area contributed by atoms with Crippen LogP contribution in [0.5, 0.6) is 0 Å². The molecule has 5 nitrogen and oxygen atoms in total. The maximum Gasteiger partial charge on any atom is 0.435 e. The van der Waals surface area contributed by atoms with Crippen molar-refractivity contribution in [2.75, 3.05) is 29.9 Å². The maximum absolute atomic E-state index is 13.4. The van der Waals surface area contributed by atoms with E-state index in [1.807, 2.05) is 0 Å². The van der Waals surface area contributed by atoms with Crippen LogP contribution >= 0.6 is 11.8 Å². The Labute approximate surface area is 150 Å². The molecule has 1 aliphatic heterocycles. The molecule has 0 radical (unpaired) electrons. The van der Waals surface area contributed by atoms with Crippen LogP contribution in [0.4, 0.5) is 28.0 Å². The standard InChI is InChI=1S/C16H14F4N4OS/c17-11-7-10(8-21-9-11)12-1-2-13(14(22-12)16(18,19)20)23-15(25)24-3-5-26-6-4-24/h1-2,7-9H,3-6H2,(H,23,25). The van der Waals surface area contributed by atoms with Gasteiger partial charge in [-0.1, -0.05) is 0 Å². The van der Waals surface area contributed by atoms with Crippen LogP contribution in [-0.2, 0) is 6.18 Å². The molecule has 3 rings (SSSR count). The average Bonchev–Trinajstić information content (AvgIpc) is 2.62. The predicted octanol–water partition coefficient (Wildman–Crippen LogP) is 3.88. The fourth-order valence-corrected chi connectivity index (χ4v) is 3.35. The average molecular weight is 386 g/mol. The van der Waals surface area contributed by atoms with Crippen molar-refractivity contribution in [3.8, 4) is 11.3 Å². The fourth-order valence-electron chi connectivity index (χ4n) is 2.45. The third-order valence-electron chi connectivity index (χ3n) is 3.70. The van der Waals surface area contributed by atoms with E-state index in [2.05, 4.69) is 15.3 Å². The summed E-state index contributed by atoms with van der Waals surface area (Å²) >= 11 is 1.68. The van der Waals surface area contributed by atoms with E-state index >= 15 is 0 Å². The van der Waals surface area contributed by atoms with Gasteiger partial charge in [0.25, 0.3) is 0 Å². The number of carbonyl (C=O) groups is 1. The normalized spacial score (nSPS) is 15.0. The van der Waals surface area contributed by atoms with Crippen molar-refractivity contribution in [2.24, 2.45) is 0 Å². The summed E-state index contributed by atoms with van der Waals surface area (Å²) in [6, 6.07) is 2.84. The van der Waals surface area contributed by atoms with Crippen LogP contribution in [-0.4, -0.2) is 45.5 Å². The van der Waals surface area contributed by atoms with Crippen molar-refractivity contribution in [1.29, 1.82) is 0 Å². The van der Waals surface area contributed by atoms with Crippen LogP contribution in [0.25, 0.3) is 11.3 Å². The number of urea groups is 1. The van der Waals surface area contributed by atoms with E-state index in [0.717, 1.165) is 29.8 Å². The molecule has 0 aliphatic carbocycles. The minimum absolute atomic E-state index is 0.0864. The predicted molar refractivity (Wildman–Crippen MR) is 90.3 cm³/mol. The van der Waals surface area contributed by atoms with Crippen molar-refractivity contribution < 1.29 is 22.4 Å². The summed E-state index contributed by atoms with van der Waals surface area (Å²) in [7, 11) is 0. The van der Waals surface area contributed by atoms with E-state index < -0.39 is 29.4 Å². The molecule has 3 heterocycles. The van der Waals surface area contributed by atoms with Gasteiger partial charge in [0.2, 0.25) is 0 Å². The van der Waals surface area contributed by atoms with Crippen molar-refractivity contribution in [3.63, 3.8) is 0 Å². The van der Waals surface area contributed by atoms with E-state index in [9.17, 15) is 22.4 Å². The molecule has 10 heteroatoms. The Balaban J connectivity index is 1.91. The van der Waals surface area contributed by atoms with Gasteiger partial charge in [0.05, 0.1) is 17.6 Å². The monoisotopic (exact) mass is 386 g/mol. The van der Waals surface area contributed by atoms with Crippen LogP contribution in [0, 0.1) is 5.82 Å². The van der Waals surface area contributed by atoms with Gasteiger partial charge in [0.15, 0.2) is 5.69 Å². The van der Waals surface area contributed by atoms with Gasteiger partial charge >= 0.3 is 12.2 Å². The van der Waals surface area contributed by atoms with Gasteiger partial charge < -0.3 is 10.2 Å². The molecule has 2 aromatic rings. The zero-order chi connectivity index (χ0) is 18.7. The van der Waals surface area contributed by atoms with Gasteiger partial charge in [-0.2, -0.15) is 24.9 Å². The number of hydrogen-bond donors (Lipinski definition) is 1. The van der Waals surface area contributed by atoms with Gasteiger partial charge in [-0.05, 0) is 18.2 Å². The lowest BCUT2D eigenvalue weighted by molar-refractivity contribution is -0.140. The van der Waals surface area contributed by atoms with Gasteiger partial charge in [-0.25, -0.2) is 14.2 Å². The van der Waals surface area contributed by atoms with E-state index in [-0.39, 0.29) is 11.3 Å². The van der Waals surface area contributed by atoms with Crippen LogP contribution in [0.15, 0.2) is 30.6 Å². The lowest BCUT2D eigenvalue weighted by atomic mass is 10.1. The summed E-state index contributed by atoms with van der Waals surface area (Å²) in [5.74, 6) is 0.797. The second-order valence-corrected chi connectivity index (χ2v) is 6.74. The highest BCUT2D eigenvalue weighted by molar-refractivity contribution is 7.99. The van der Waals surface area contributed by atoms with E-state index in [1.54, 1.807) is 11.8 Å². The number of rotatable bonds is 2. The number of nitrogens with one attached hydrogen (secondary N) is 1. The Morgan fingerprint density at radius 3 is 2.58 bits per heavy atom. The highest BCUT2D eigenvalue weighted by atomic mass is 32.2. The Morgan fingerprint density at radius 2 is 1.92 bits per heavy atom. The van der Waals surface area contributed by atoms with Gasteiger partial charge in [0, 0.05) is 36.4 Å². The smallest absolute Gasteiger partial charge is 0.323 e. The van der Waals surface area contributed by atoms with Crippen LogP contribution in [0.2, 0.25) is 0 Å². The molecule has 138 valence electrons. The molecule has 1 N–H and O–H groups in total. The summed E-state index contributed by atoms with van der Waals surface area (Å²) in [5, 5.41) is 2.28. The van der Waals surface area contributed by atoms with Gasteiger partial charge in [0.1, 0.15) is 5.82 Å². The van der Waals surface area contributed by atoms with Crippen molar-refractivity contribution in [1.82, 2.24) is 14.9 Å². The lowest BCUT2D eigenvalue weighted by Crippen LogP contribution is -2.41. The van der Waals surface area contributed by atoms with Crippen LogP contribution in [0.1, 0.15) is 5.69 Å². The molecule has 0 spiro atoms. The summed E-state index contributed by atoms with van der Waals surface area (Å²) in [6.45, 7) is 0.941. The highest BCUT2D eigenvalue weighted by Gasteiger charge is 2.37. The first-order valence-corrected chi connectivity index (χ1v) is 8.83. The highest BCUT2D eigenvalue weighted by Crippen LogP contribution is 2.35. The molecule has 0 aromatic carbocycles. The van der Waals surface area contributed by atoms with E-state index in [4.69, 9.17) is 0 Å². The van der Waals surface area contributed by atoms with Crippen LogP contribution < -0.4 is 5.32 Å². The third-order valence-corrected chi connectivity index (χ3v) is 4.65. The largest absolute Gasteiger partial charge is 0.435 e. The number of nitrogens with zero attached hydrogens (tertiary/aromatic N) is 3. The van der Waals surface area contributed by atoms with Crippen LogP contribution in [0.3, 0.4) is 0 Å². The lowest BCUT2D eigenvalue weighted by Gasteiger charge is -2.27. The second-order valence-electron chi connectivity index (χ2n) is 5.51. The second kappa shape index (κ2) is 7.48. The Bertz CT molecular complexity index is 809. The molecule has 0 saturated carbocycles. The number of amides is 2. The molecular formula is C16H14F4N4OS. The number of halogens is 4. The first-order valence-electron chi connectivity index (χ1n) is 7.67. The maximum atomic E-state index is 13.4. The number of carbonyl (C=O) groups excluding carboxylic acids is 1. The molecule has 1 aliphatic rings. The number of anilines is 1. The molecule has 2 aromatic heterocycles. The molecular weight excluding hydrogens is 372 g/mol. The quantitative estimate of drug-likeness (QED) is 0.796. The minimum Gasteiger partial charge on any atom is -0.323 e. The summed E-state index contributed by atoms with van der Waals surface area (Å²) in [6.07, 6.45) is -2.62. The molecule has 0 bridgehead atoms. The number of hydrogen-bond acceptors (Lipinski definition) is 4. The topological polar surface area (TPSA) is 58.1 Å². The molecule has 0 atom stereocenters. The molecule has 1 fully saturated rings. The number of alkyl halides is 3. The molecule has 2 amide bonds. The molecule has 26 heavy (non-hydrogen) atoms. The van der Waals surface area contributed by atoms with E-state index in [1.165, 1.54) is 17.2 Å². The number of pyridine rings is 2. The van der Waals surface area contributed by atoms with Crippen molar-refractivity contribution in [2.45, 2.75) is 6.18 Å². The van der Waals surface area contributed by atoms with Gasteiger partial charge in [-0.15, -0.1) is 0 Å². The SMILES string of the molecule is O=C(Nc1ccc(-c2cncc(F)c2)nc1C(F)(F)F)N1CCSCC1. The zero-order valence-electron chi connectivity index (χ0n) is 13.4. The summed E-state index contributed by atoms with van der Waals surface area (Å²) in [5.41, 5.74) is -1.65. The van der Waals surface area contributed by atoms with Gasteiger partial charge in [-0.3, -0.25) is 4.98 Å².